The summed E-state index contributed by atoms with van der Waals surface area (Å²) in [6, 6.07) is 8.18. The van der Waals surface area contributed by atoms with Gasteiger partial charge in [-0.25, -0.2) is 4.98 Å². The van der Waals surface area contributed by atoms with E-state index in [1.165, 1.54) is 10.4 Å². The SMILES string of the molecule is Cc1cccc(C#Cc2ncc(C)s2)c1. The van der Waals surface area contributed by atoms with Crippen molar-refractivity contribution in [3.05, 3.63) is 51.5 Å². The monoisotopic (exact) mass is 213 g/mol. The fraction of sp³-hybridized carbons (Fsp3) is 0.154. The normalized spacial score (nSPS) is 9.47. The molecule has 0 bridgehead atoms. The number of rotatable bonds is 0. The predicted octanol–water partition coefficient (Wildman–Crippen LogP) is 3.16. The quantitative estimate of drug-likeness (QED) is 0.613. The van der Waals surface area contributed by atoms with Crippen LogP contribution < -0.4 is 0 Å². The highest BCUT2D eigenvalue weighted by Crippen LogP contribution is 2.09. The molecule has 0 spiro atoms. The van der Waals surface area contributed by atoms with Gasteiger partial charge in [0.05, 0.1) is 0 Å². The number of hydrogen-bond acceptors (Lipinski definition) is 2. The molecule has 2 aromatic rings. The van der Waals surface area contributed by atoms with E-state index in [0.29, 0.717) is 0 Å². The molecule has 0 aliphatic heterocycles. The Labute approximate surface area is 93.8 Å². The summed E-state index contributed by atoms with van der Waals surface area (Å²) in [7, 11) is 0. The largest absolute Gasteiger partial charge is 0.236 e. The summed E-state index contributed by atoms with van der Waals surface area (Å²) in [6.07, 6.45) is 1.85. The summed E-state index contributed by atoms with van der Waals surface area (Å²) in [6.45, 7) is 4.11. The topological polar surface area (TPSA) is 12.9 Å². The van der Waals surface area contributed by atoms with E-state index in [-0.39, 0.29) is 0 Å². The second-order valence-corrected chi connectivity index (χ2v) is 4.63. The van der Waals surface area contributed by atoms with Gasteiger partial charge in [-0.2, -0.15) is 0 Å². The van der Waals surface area contributed by atoms with Gasteiger partial charge in [0.15, 0.2) is 5.01 Å². The summed E-state index contributed by atoms with van der Waals surface area (Å²) in [5.74, 6) is 6.18. The zero-order valence-corrected chi connectivity index (χ0v) is 9.56. The number of benzene rings is 1. The van der Waals surface area contributed by atoms with Gasteiger partial charge in [-0.1, -0.05) is 18.1 Å². The molecule has 0 aliphatic rings. The molecule has 0 atom stereocenters. The number of thiazole rings is 1. The summed E-state index contributed by atoms with van der Waals surface area (Å²) < 4.78 is 0. The van der Waals surface area contributed by atoms with Gasteiger partial charge in [0.25, 0.3) is 0 Å². The van der Waals surface area contributed by atoms with Crippen molar-refractivity contribution in [1.82, 2.24) is 4.98 Å². The Bertz CT molecular complexity index is 529. The molecule has 0 aliphatic carbocycles. The highest BCUT2D eigenvalue weighted by atomic mass is 32.1. The lowest BCUT2D eigenvalue weighted by Crippen LogP contribution is -1.76. The molecule has 0 unspecified atom stereocenters. The third-order valence-electron chi connectivity index (χ3n) is 1.95. The molecule has 1 aromatic heterocycles. The van der Waals surface area contributed by atoms with Crippen LogP contribution in [0.2, 0.25) is 0 Å². The van der Waals surface area contributed by atoms with Crippen molar-refractivity contribution < 1.29 is 0 Å². The van der Waals surface area contributed by atoms with Crippen molar-refractivity contribution in [3.63, 3.8) is 0 Å². The standard InChI is InChI=1S/C13H11NS/c1-10-4-3-5-12(8-10)6-7-13-14-9-11(2)15-13/h3-5,8-9H,1-2H3. The molecule has 0 saturated heterocycles. The first-order chi connectivity index (χ1) is 7.24. The van der Waals surface area contributed by atoms with Gasteiger partial charge in [0, 0.05) is 16.6 Å². The maximum Gasteiger partial charge on any atom is 0.167 e. The van der Waals surface area contributed by atoms with Gasteiger partial charge in [-0.3, -0.25) is 0 Å². The lowest BCUT2D eigenvalue weighted by Gasteiger charge is -1.91. The molecule has 0 N–H and O–H groups in total. The summed E-state index contributed by atoms with van der Waals surface area (Å²) >= 11 is 1.63. The van der Waals surface area contributed by atoms with Crippen molar-refractivity contribution in [3.8, 4) is 11.8 Å². The van der Waals surface area contributed by atoms with Crippen LogP contribution in [-0.4, -0.2) is 4.98 Å². The Kier molecular flexibility index (Phi) is 2.84. The molecule has 0 amide bonds. The van der Waals surface area contributed by atoms with Gasteiger partial charge < -0.3 is 0 Å². The van der Waals surface area contributed by atoms with Crippen LogP contribution in [0.15, 0.2) is 30.5 Å². The zero-order chi connectivity index (χ0) is 10.7. The fourth-order valence-corrected chi connectivity index (χ4v) is 1.88. The van der Waals surface area contributed by atoms with E-state index in [9.17, 15) is 0 Å². The first kappa shape index (κ1) is 9.95. The Morgan fingerprint density at radius 3 is 2.73 bits per heavy atom. The average Bonchev–Trinajstić information content (AvgIpc) is 2.62. The molecular formula is C13H11NS. The van der Waals surface area contributed by atoms with Gasteiger partial charge in [-0.05, 0) is 37.5 Å². The molecule has 1 aromatic carbocycles. The van der Waals surface area contributed by atoms with Crippen LogP contribution in [0.4, 0.5) is 0 Å². The molecule has 2 heteroatoms. The van der Waals surface area contributed by atoms with E-state index in [1.54, 1.807) is 11.3 Å². The molecule has 0 saturated carbocycles. The van der Waals surface area contributed by atoms with Crippen LogP contribution in [0.3, 0.4) is 0 Å². The average molecular weight is 213 g/mol. The van der Waals surface area contributed by atoms with E-state index in [2.05, 4.69) is 35.9 Å². The summed E-state index contributed by atoms with van der Waals surface area (Å²) in [5.41, 5.74) is 2.28. The highest BCUT2D eigenvalue weighted by molar-refractivity contribution is 7.12. The fourth-order valence-electron chi connectivity index (χ4n) is 1.26. The number of hydrogen-bond donors (Lipinski definition) is 0. The second-order valence-electron chi connectivity index (χ2n) is 3.40. The van der Waals surface area contributed by atoms with Crippen LogP contribution in [0.25, 0.3) is 0 Å². The Hall–Kier alpha value is -1.59. The maximum absolute atomic E-state index is 4.20. The highest BCUT2D eigenvalue weighted by Gasteiger charge is 1.92. The third-order valence-corrected chi connectivity index (χ3v) is 2.78. The molecule has 2 rings (SSSR count). The van der Waals surface area contributed by atoms with E-state index in [0.717, 1.165) is 10.6 Å². The number of aromatic nitrogens is 1. The van der Waals surface area contributed by atoms with Crippen molar-refractivity contribution >= 4 is 11.3 Å². The number of nitrogens with zero attached hydrogens (tertiary/aromatic N) is 1. The molecule has 15 heavy (non-hydrogen) atoms. The molecular weight excluding hydrogens is 202 g/mol. The predicted molar refractivity (Wildman–Crippen MR) is 64.0 cm³/mol. The van der Waals surface area contributed by atoms with Crippen LogP contribution in [0.5, 0.6) is 0 Å². The minimum Gasteiger partial charge on any atom is -0.236 e. The molecule has 0 radical (unpaired) electrons. The lowest BCUT2D eigenvalue weighted by molar-refractivity contribution is 1.36. The van der Waals surface area contributed by atoms with Crippen molar-refractivity contribution in [2.45, 2.75) is 13.8 Å². The Balaban J connectivity index is 2.25. The Morgan fingerprint density at radius 1 is 1.20 bits per heavy atom. The third kappa shape index (κ3) is 2.68. The smallest absolute Gasteiger partial charge is 0.167 e. The van der Waals surface area contributed by atoms with Crippen molar-refractivity contribution in [2.24, 2.45) is 0 Å². The first-order valence-corrected chi connectivity index (χ1v) is 5.57. The maximum atomic E-state index is 4.20. The van der Waals surface area contributed by atoms with Gasteiger partial charge >= 0.3 is 0 Å². The summed E-state index contributed by atoms with van der Waals surface area (Å²) in [5, 5.41) is 0.883. The van der Waals surface area contributed by atoms with E-state index in [1.807, 2.05) is 25.3 Å². The molecule has 1 heterocycles. The number of aryl methyl sites for hydroxylation is 2. The van der Waals surface area contributed by atoms with E-state index in [4.69, 9.17) is 0 Å². The van der Waals surface area contributed by atoms with E-state index < -0.39 is 0 Å². The minimum atomic E-state index is 0.883. The zero-order valence-electron chi connectivity index (χ0n) is 8.74. The van der Waals surface area contributed by atoms with E-state index >= 15 is 0 Å². The van der Waals surface area contributed by atoms with Crippen LogP contribution in [-0.2, 0) is 0 Å². The Morgan fingerprint density at radius 2 is 2.07 bits per heavy atom. The molecule has 0 fully saturated rings. The second kappa shape index (κ2) is 4.29. The van der Waals surface area contributed by atoms with Crippen LogP contribution in [0.1, 0.15) is 21.0 Å². The van der Waals surface area contributed by atoms with Gasteiger partial charge in [0.2, 0.25) is 0 Å². The van der Waals surface area contributed by atoms with Gasteiger partial charge in [0.1, 0.15) is 0 Å². The van der Waals surface area contributed by atoms with Crippen molar-refractivity contribution in [2.75, 3.05) is 0 Å². The molecule has 74 valence electrons. The van der Waals surface area contributed by atoms with Gasteiger partial charge in [-0.15, -0.1) is 11.3 Å². The first-order valence-electron chi connectivity index (χ1n) is 4.75. The van der Waals surface area contributed by atoms with Crippen LogP contribution in [0, 0.1) is 25.7 Å². The lowest BCUT2D eigenvalue weighted by atomic mass is 10.1. The molecule has 1 nitrogen and oxygen atoms in total. The minimum absolute atomic E-state index is 0.883. The summed E-state index contributed by atoms with van der Waals surface area (Å²) in [4.78, 5) is 5.40. The van der Waals surface area contributed by atoms with Crippen LogP contribution >= 0.6 is 11.3 Å². The van der Waals surface area contributed by atoms with Crippen molar-refractivity contribution in [1.29, 1.82) is 0 Å².